The average molecular weight is 355 g/mol. The van der Waals surface area contributed by atoms with Crippen LogP contribution in [-0.4, -0.2) is 33.7 Å². The molecule has 1 aromatic carbocycles. The number of hydrogen-bond acceptors (Lipinski definition) is 5. The molecule has 1 fully saturated rings. The summed E-state index contributed by atoms with van der Waals surface area (Å²) >= 11 is 0. The van der Waals surface area contributed by atoms with Crippen LogP contribution in [0.1, 0.15) is 58.4 Å². The molecule has 2 aromatic rings. The summed E-state index contributed by atoms with van der Waals surface area (Å²) < 4.78 is 6.27. The van der Waals surface area contributed by atoms with E-state index in [0.29, 0.717) is 23.8 Å². The van der Waals surface area contributed by atoms with Gasteiger partial charge in [-0.15, -0.1) is 0 Å². The van der Waals surface area contributed by atoms with Gasteiger partial charge in [0.1, 0.15) is 11.6 Å². The van der Waals surface area contributed by atoms with E-state index in [0.717, 1.165) is 19.3 Å². The fraction of sp³-hybridized carbons (Fsp3) is 0.450. The zero-order valence-corrected chi connectivity index (χ0v) is 15.5. The summed E-state index contributed by atoms with van der Waals surface area (Å²) in [6.45, 7) is 6.11. The topological polar surface area (TPSA) is 84.3 Å². The van der Waals surface area contributed by atoms with Crippen LogP contribution in [0.4, 0.5) is 5.82 Å². The average Bonchev–Trinajstić information content (AvgIpc) is 2.62. The molecule has 0 saturated carbocycles. The second-order valence-corrected chi connectivity index (χ2v) is 6.87. The summed E-state index contributed by atoms with van der Waals surface area (Å²) in [5.41, 5.74) is 3.05. The van der Waals surface area contributed by atoms with E-state index in [9.17, 15) is 9.90 Å². The number of hydrogen-bond donors (Lipinski definition) is 2. The highest BCUT2D eigenvalue weighted by atomic mass is 16.5. The zero-order chi connectivity index (χ0) is 18.7. The maximum absolute atomic E-state index is 11.3. The molecule has 1 aliphatic rings. The van der Waals surface area contributed by atoms with Gasteiger partial charge >= 0.3 is 5.97 Å². The van der Waals surface area contributed by atoms with E-state index < -0.39 is 5.97 Å². The molecule has 26 heavy (non-hydrogen) atoms. The van der Waals surface area contributed by atoms with Crippen molar-refractivity contribution in [2.24, 2.45) is 0 Å². The number of nitrogens with one attached hydrogen (secondary N) is 1. The summed E-state index contributed by atoms with van der Waals surface area (Å²) in [6.07, 6.45) is 3.28. The number of aryl methyl sites for hydroxylation is 2. The van der Waals surface area contributed by atoms with Crippen LogP contribution < -0.4 is 5.32 Å². The van der Waals surface area contributed by atoms with Gasteiger partial charge in [0.25, 0.3) is 0 Å². The molecule has 6 heteroatoms. The number of nitrogens with zero attached hydrogens (tertiary/aromatic N) is 2. The number of benzene rings is 1. The smallest absolute Gasteiger partial charge is 0.354 e. The van der Waals surface area contributed by atoms with E-state index >= 15 is 0 Å². The molecule has 0 aliphatic carbocycles. The van der Waals surface area contributed by atoms with Crippen LogP contribution in [0, 0.1) is 20.8 Å². The van der Waals surface area contributed by atoms with Crippen LogP contribution >= 0.6 is 0 Å². The fourth-order valence-corrected chi connectivity index (χ4v) is 3.38. The van der Waals surface area contributed by atoms with Gasteiger partial charge in [-0.05, 0) is 45.6 Å². The Balaban J connectivity index is 1.67. The summed E-state index contributed by atoms with van der Waals surface area (Å²) in [4.78, 5) is 19.7. The molecule has 0 unspecified atom stereocenters. The van der Waals surface area contributed by atoms with Gasteiger partial charge in [0.15, 0.2) is 5.69 Å². The summed E-state index contributed by atoms with van der Waals surface area (Å²) in [6, 6.07) is 8.45. The third-order valence-corrected chi connectivity index (χ3v) is 4.72. The van der Waals surface area contributed by atoms with Gasteiger partial charge in [0.2, 0.25) is 0 Å². The first-order chi connectivity index (χ1) is 12.4. The first-order valence-corrected chi connectivity index (χ1v) is 8.98. The van der Waals surface area contributed by atoms with Gasteiger partial charge in [-0.3, -0.25) is 0 Å². The number of carbonyl (C=O) groups is 1. The zero-order valence-electron chi connectivity index (χ0n) is 15.5. The third-order valence-electron chi connectivity index (χ3n) is 4.72. The number of rotatable bonds is 5. The minimum Gasteiger partial charge on any atom is -0.476 e. The molecule has 1 saturated heterocycles. The van der Waals surface area contributed by atoms with Gasteiger partial charge in [-0.2, -0.15) is 0 Å². The minimum absolute atomic E-state index is 0.0437. The molecule has 6 nitrogen and oxygen atoms in total. The first kappa shape index (κ1) is 18.3. The highest BCUT2D eigenvalue weighted by Crippen LogP contribution is 2.31. The maximum Gasteiger partial charge on any atom is 0.354 e. The molecule has 0 spiro atoms. The van der Waals surface area contributed by atoms with Crippen molar-refractivity contribution in [1.29, 1.82) is 0 Å². The SMILES string of the molecule is Cc1cccc([C@@H]2CCC[C@H](CNc3nc(C)nc(C(=O)O)c3C)O2)c1. The lowest BCUT2D eigenvalue weighted by Gasteiger charge is -2.31. The van der Waals surface area contributed by atoms with Crippen LogP contribution in [0.25, 0.3) is 0 Å². The van der Waals surface area contributed by atoms with Crippen molar-refractivity contribution >= 4 is 11.8 Å². The normalized spacial score (nSPS) is 20.0. The quantitative estimate of drug-likeness (QED) is 0.848. The van der Waals surface area contributed by atoms with Gasteiger partial charge in [0, 0.05) is 12.1 Å². The van der Waals surface area contributed by atoms with E-state index in [2.05, 4.69) is 46.5 Å². The molecule has 0 amide bonds. The predicted molar refractivity (Wildman–Crippen MR) is 99.6 cm³/mol. The number of aromatic nitrogens is 2. The van der Waals surface area contributed by atoms with Gasteiger partial charge in [0.05, 0.1) is 12.2 Å². The minimum atomic E-state index is -1.04. The molecular weight excluding hydrogens is 330 g/mol. The number of carboxylic acids is 1. The monoisotopic (exact) mass is 355 g/mol. The molecular formula is C20H25N3O3. The first-order valence-electron chi connectivity index (χ1n) is 8.98. The van der Waals surface area contributed by atoms with E-state index in [1.165, 1.54) is 11.1 Å². The second-order valence-electron chi connectivity index (χ2n) is 6.87. The summed E-state index contributed by atoms with van der Waals surface area (Å²) in [5.74, 6) is -0.0293. The Morgan fingerprint density at radius 3 is 2.81 bits per heavy atom. The molecule has 0 bridgehead atoms. The Morgan fingerprint density at radius 2 is 2.08 bits per heavy atom. The van der Waals surface area contributed by atoms with Crippen molar-refractivity contribution in [3.8, 4) is 0 Å². The Kier molecular flexibility index (Phi) is 5.52. The molecule has 138 valence electrons. The second kappa shape index (κ2) is 7.83. The Hall–Kier alpha value is -2.47. The van der Waals surface area contributed by atoms with Gasteiger partial charge < -0.3 is 15.2 Å². The molecule has 2 N–H and O–H groups in total. The highest BCUT2D eigenvalue weighted by molar-refractivity contribution is 5.88. The maximum atomic E-state index is 11.3. The molecule has 1 aromatic heterocycles. The lowest BCUT2D eigenvalue weighted by Crippen LogP contribution is -2.29. The van der Waals surface area contributed by atoms with Crippen LogP contribution in [0.2, 0.25) is 0 Å². The molecule has 2 atom stereocenters. The van der Waals surface area contributed by atoms with Crippen molar-refractivity contribution in [1.82, 2.24) is 9.97 Å². The van der Waals surface area contributed by atoms with Crippen molar-refractivity contribution in [3.05, 3.63) is 52.5 Å². The Bertz CT molecular complexity index is 807. The standard InChI is InChI=1S/C20H25N3O3/c1-12-6-4-7-15(10-12)17-9-5-8-16(26-17)11-21-19-13(2)18(20(24)25)22-14(3)23-19/h4,6-7,10,16-17H,5,8-9,11H2,1-3H3,(H,24,25)(H,21,22,23)/t16-,17+/m1/s1. The van der Waals surface area contributed by atoms with Gasteiger partial charge in [-0.1, -0.05) is 29.8 Å². The number of anilines is 1. The van der Waals surface area contributed by atoms with E-state index in [1.54, 1.807) is 13.8 Å². The van der Waals surface area contributed by atoms with Crippen molar-refractivity contribution in [2.75, 3.05) is 11.9 Å². The van der Waals surface area contributed by atoms with E-state index in [1.807, 2.05) is 0 Å². The predicted octanol–water partition coefficient (Wildman–Crippen LogP) is 3.82. The van der Waals surface area contributed by atoms with Crippen molar-refractivity contribution in [3.63, 3.8) is 0 Å². The fourth-order valence-electron chi connectivity index (χ4n) is 3.38. The van der Waals surface area contributed by atoms with Crippen molar-refractivity contribution in [2.45, 2.75) is 52.2 Å². The lowest BCUT2D eigenvalue weighted by molar-refractivity contribution is -0.0442. The van der Waals surface area contributed by atoms with E-state index in [-0.39, 0.29) is 17.9 Å². The number of carboxylic acid groups (broad SMARTS) is 1. The molecule has 1 aliphatic heterocycles. The molecule has 3 rings (SSSR count). The number of ether oxygens (including phenoxy) is 1. The third kappa shape index (κ3) is 4.19. The molecule has 0 radical (unpaired) electrons. The largest absolute Gasteiger partial charge is 0.476 e. The highest BCUT2D eigenvalue weighted by Gasteiger charge is 2.24. The summed E-state index contributed by atoms with van der Waals surface area (Å²) in [7, 11) is 0. The van der Waals surface area contributed by atoms with E-state index in [4.69, 9.17) is 4.74 Å². The Morgan fingerprint density at radius 1 is 1.27 bits per heavy atom. The Labute approximate surface area is 153 Å². The summed E-state index contributed by atoms with van der Waals surface area (Å²) in [5, 5.41) is 12.5. The van der Waals surface area contributed by atoms with Gasteiger partial charge in [-0.25, -0.2) is 14.8 Å². The van der Waals surface area contributed by atoms with Crippen molar-refractivity contribution < 1.29 is 14.6 Å². The number of aromatic carboxylic acids is 1. The van der Waals surface area contributed by atoms with Crippen LogP contribution in [0.5, 0.6) is 0 Å². The lowest BCUT2D eigenvalue weighted by atomic mass is 9.97. The van der Waals surface area contributed by atoms with Crippen LogP contribution in [-0.2, 0) is 4.74 Å². The van der Waals surface area contributed by atoms with Crippen LogP contribution in [0.3, 0.4) is 0 Å². The van der Waals surface area contributed by atoms with Crippen LogP contribution in [0.15, 0.2) is 24.3 Å². The molecule has 2 heterocycles.